The van der Waals surface area contributed by atoms with E-state index in [1.807, 2.05) is 44.3 Å². The zero-order valence-corrected chi connectivity index (χ0v) is 9.47. The van der Waals surface area contributed by atoms with Gasteiger partial charge >= 0.3 is 0 Å². The second-order valence-corrected chi connectivity index (χ2v) is 3.82. The number of hydrogen-bond acceptors (Lipinski definition) is 1. The molecule has 0 fully saturated rings. The van der Waals surface area contributed by atoms with Crippen molar-refractivity contribution in [2.45, 2.75) is 26.8 Å². The summed E-state index contributed by atoms with van der Waals surface area (Å²) in [6, 6.07) is 8.29. The van der Waals surface area contributed by atoms with Crippen LogP contribution in [0, 0.1) is 6.92 Å². The van der Waals surface area contributed by atoms with E-state index in [0.29, 0.717) is 0 Å². The Labute approximate surface area is 91.2 Å². The first-order valence-corrected chi connectivity index (χ1v) is 5.11. The predicted molar refractivity (Wildman–Crippen MR) is 63.3 cm³/mol. The van der Waals surface area contributed by atoms with Crippen molar-refractivity contribution in [2.24, 2.45) is 0 Å². The first-order valence-electron chi connectivity index (χ1n) is 5.11. The van der Waals surface area contributed by atoms with Crippen LogP contribution in [0.1, 0.15) is 25.0 Å². The Balaban J connectivity index is 2.81. The van der Waals surface area contributed by atoms with Gasteiger partial charge < -0.3 is 4.90 Å². The number of carbonyl (C=O) groups is 1. The summed E-state index contributed by atoms with van der Waals surface area (Å²) < 4.78 is 0. The van der Waals surface area contributed by atoms with Gasteiger partial charge in [-0.3, -0.25) is 4.79 Å². The fraction of sp³-hybridized carbons (Fsp3) is 0.308. The summed E-state index contributed by atoms with van der Waals surface area (Å²) in [6.07, 6.45) is 4.63. The van der Waals surface area contributed by atoms with Crippen molar-refractivity contribution in [1.29, 1.82) is 0 Å². The average molecular weight is 203 g/mol. The number of rotatable bonds is 4. The zero-order chi connectivity index (χ0) is 11.3. The highest BCUT2D eigenvalue weighted by Crippen LogP contribution is 2.09. The molecule has 1 rings (SSSR count). The summed E-state index contributed by atoms with van der Waals surface area (Å²) >= 11 is 0. The molecule has 0 aromatic heterocycles. The molecule has 0 saturated carbocycles. The lowest BCUT2D eigenvalue weighted by Crippen LogP contribution is -2.23. The molecular weight excluding hydrogens is 186 g/mol. The van der Waals surface area contributed by atoms with Crippen molar-refractivity contribution < 1.29 is 4.79 Å². The third-order valence-corrected chi connectivity index (χ3v) is 2.33. The van der Waals surface area contributed by atoms with Crippen molar-refractivity contribution in [3.05, 3.63) is 41.6 Å². The second kappa shape index (κ2) is 5.35. The van der Waals surface area contributed by atoms with Crippen molar-refractivity contribution in [1.82, 2.24) is 4.90 Å². The number of benzene rings is 1. The molecule has 0 aliphatic heterocycles. The van der Waals surface area contributed by atoms with Crippen LogP contribution < -0.4 is 0 Å². The number of hydrogen-bond donors (Lipinski definition) is 0. The van der Waals surface area contributed by atoms with Gasteiger partial charge in [0, 0.05) is 12.2 Å². The zero-order valence-electron chi connectivity index (χ0n) is 9.47. The molecule has 0 radical (unpaired) electrons. The molecule has 1 aromatic carbocycles. The summed E-state index contributed by atoms with van der Waals surface area (Å²) in [7, 11) is 0. The van der Waals surface area contributed by atoms with Gasteiger partial charge in [0.1, 0.15) is 0 Å². The quantitative estimate of drug-likeness (QED) is 0.689. The fourth-order valence-electron chi connectivity index (χ4n) is 1.27. The normalized spacial score (nSPS) is 10.9. The van der Waals surface area contributed by atoms with Crippen LogP contribution in [0.2, 0.25) is 0 Å². The van der Waals surface area contributed by atoms with Crippen LogP contribution in [-0.2, 0) is 4.79 Å². The maximum Gasteiger partial charge on any atom is 0.213 e. The molecule has 1 amide bonds. The lowest BCUT2D eigenvalue weighted by molar-refractivity contribution is -0.117. The first kappa shape index (κ1) is 11.5. The Morgan fingerprint density at radius 1 is 1.27 bits per heavy atom. The lowest BCUT2D eigenvalue weighted by atomic mass is 10.1. The highest BCUT2D eigenvalue weighted by molar-refractivity contribution is 5.57. The molecule has 15 heavy (non-hydrogen) atoms. The molecule has 0 atom stereocenters. The summed E-state index contributed by atoms with van der Waals surface area (Å²) in [5, 5.41) is 0. The van der Waals surface area contributed by atoms with E-state index in [-0.39, 0.29) is 6.04 Å². The molecule has 0 spiro atoms. The smallest absolute Gasteiger partial charge is 0.213 e. The largest absolute Gasteiger partial charge is 0.319 e. The number of aryl methyl sites for hydroxylation is 1. The molecule has 80 valence electrons. The Hall–Kier alpha value is -1.57. The van der Waals surface area contributed by atoms with Gasteiger partial charge in [-0.2, -0.15) is 0 Å². The van der Waals surface area contributed by atoms with E-state index >= 15 is 0 Å². The first-order chi connectivity index (χ1) is 7.15. The maximum atomic E-state index is 10.7. The number of carbonyl (C=O) groups excluding carboxylic acids is 1. The highest BCUT2D eigenvalue weighted by atomic mass is 16.1. The van der Waals surface area contributed by atoms with Gasteiger partial charge in [-0.15, -0.1) is 0 Å². The van der Waals surface area contributed by atoms with E-state index < -0.39 is 0 Å². The Morgan fingerprint density at radius 2 is 1.93 bits per heavy atom. The molecule has 0 aliphatic rings. The van der Waals surface area contributed by atoms with E-state index in [4.69, 9.17) is 0 Å². The molecule has 0 bridgehead atoms. The minimum atomic E-state index is 0.197. The average Bonchev–Trinajstić information content (AvgIpc) is 2.21. The van der Waals surface area contributed by atoms with Crippen LogP contribution in [-0.4, -0.2) is 17.4 Å². The Bertz CT molecular complexity index is 355. The molecule has 1 aromatic rings. The minimum absolute atomic E-state index is 0.197. The second-order valence-electron chi connectivity index (χ2n) is 3.82. The van der Waals surface area contributed by atoms with Crippen LogP contribution >= 0.6 is 0 Å². The maximum absolute atomic E-state index is 10.7. The van der Waals surface area contributed by atoms with E-state index in [1.54, 1.807) is 4.90 Å². The van der Waals surface area contributed by atoms with Gasteiger partial charge in [0.05, 0.1) is 0 Å². The molecule has 0 heterocycles. The van der Waals surface area contributed by atoms with Gasteiger partial charge in [-0.25, -0.2) is 0 Å². The standard InChI is InChI=1S/C13H17NO/c1-11(2)14(10-15)9-8-13-7-5-4-6-12(13)3/h4-11H,1-3H3/b9-8-. The monoisotopic (exact) mass is 203 g/mol. The van der Waals surface area contributed by atoms with Gasteiger partial charge in [0.2, 0.25) is 6.41 Å². The molecule has 2 nitrogen and oxygen atoms in total. The molecule has 2 heteroatoms. The van der Waals surface area contributed by atoms with Crippen molar-refractivity contribution in [3.63, 3.8) is 0 Å². The van der Waals surface area contributed by atoms with Crippen molar-refractivity contribution in [2.75, 3.05) is 0 Å². The van der Waals surface area contributed by atoms with Crippen molar-refractivity contribution >= 4 is 12.5 Å². The molecule has 0 unspecified atom stereocenters. The molecule has 0 aliphatic carbocycles. The van der Waals surface area contributed by atoms with E-state index in [2.05, 4.69) is 13.0 Å². The van der Waals surface area contributed by atoms with Crippen LogP contribution in [0.15, 0.2) is 30.5 Å². The third-order valence-electron chi connectivity index (χ3n) is 2.33. The summed E-state index contributed by atoms with van der Waals surface area (Å²) in [5.41, 5.74) is 2.35. The Morgan fingerprint density at radius 3 is 2.47 bits per heavy atom. The van der Waals surface area contributed by atoms with E-state index in [0.717, 1.165) is 12.0 Å². The summed E-state index contributed by atoms with van der Waals surface area (Å²) in [5.74, 6) is 0. The van der Waals surface area contributed by atoms with Gasteiger partial charge in [-0.1, -0.05) is 24.3 Å². The molecule has 0 saturated heterocycles. The third kappa shape index (κ3) is 3.24. The number of amides is 1. The number of nitrogens with zero attached hydrogens (tertiary/aromatic N) is 1. The van der Waals surface area contributed by atoms with Gasteiger partial charge in [0.25, 0.3) is 0 Å². The van der Waals surface area contributed by atoms with E-state index in [9.17, 15) is 4.79 Å². The van der Waals surface area contributed by atoms with Crippen LogP contribution in [0.5, 0.6) is 0 Å². The fourth-order valence-corrected chi connectivity index (χ4v) is 1.27. The lowest BCUT2D eigenvalue weighted by Gasteiger charge is -2.16. The summed E-state index contributed by atoms with van der Waals surface area (Å²) in [4.78, 5) is 12.4. The van der Waals surface area contributed by atoms with Crippen LogP contribution in [0.25, 0.3) is 6.08 Å². The topological polar surface area (TPSA) is 20.3 Å². The molecular formula is C13H17NO. The summed E-state index contributed by atoms with van der Waals surface area (Å²) in [6.45, 7) is 6.02. The van der Waals surface area contributed by atoms with Crippen molar-refractivity contribution in [3.8, 4) is 0 Å². The highest BCUT2D eigenvalue weighted by Gasteiger charge is 2.01. The predicted octanol–water partition coefficient (Wildman–Crippen LogP) is 2.83. The van der Waals surface area contributed by atoms with Crippen LogP contribution in [0.3, 0.4) is 0 Å². The minimum Gasteiger partial charge on any atom is -0.319 e. The van der Waals surface area contributed by atoms with Gasteiger partial charge in [-0.05, 0) is 38.0 Å². The van der Waals surface area contributed by atoms with Gasteiger partial charge in [0.15, 0.2) is 0 Å². The SMILES string of the molecule is Cc1ccccc1/C=C\N(C=O)C(C)C. The Kier molecular flexibility index (Phi) is 4.10. The van der Waals surface area contributed by atoms with Crippen LogP contribution in [0.4, 0.5) is 0 Å². The molecule has 0 N–H and O–H groups in total. The van der Waals surface area contributed by atoms with E-state index in [1.165, 1.54) is 5.56 Å².